The van der Waals surface area contributed by atoms with Gasteiger partial charge in [-0.1, -0.05) is 6.92 Å². The Hall–Kier alpha value is -0.570. The van der Waals surface area contributed by atoms with Crippen molar-refractivity contribution < 1.29 is 4.79 Å². The van der Waals surface area contributed by atoms with Gasteiger partial charge in [0.2, 0.25) is 5.91 Å². The van der Waals surface area contributed by atoms with Crippen molar-refractivity contribution in [1.29, 1.82) is 0 Å². The first kappa shape index (κ1) is 10.5. The summed E-state index contributed by atoms with van der Waals surface area (Å²) in [6, 6.07) is 0. The number of carbonyl (C=O) groups is 1. The predicted octanol–water partition coefficient (Wildman–Crippen LogP) is 1.04. The van der Waals surface area contributed by atoms with Gasteiger partial charge in [-0.3, -0.25) is 4.79 Å². The molecule has 1 amide bonds. The highest BCUT2D eigenvalue weighted by Gasteiger charge is 2.27. The Balaban J connectivity index is 2.21. The zero-order chi connectivity index (χ0) is 9.73. The van der Waals surface area contributed by atoms with E-state index in [0.29, 0.717) is 6.42 Å². The molecule has 1 atom stereocenters. The minimum Gasteiger partial charge on any atom is -0.354 e. The van der Waals surface area contributed by atoms with Gasteiger partial charge in [0.05, 0.1) is 0 Å². The zero-order valence-corrected chi connectivity index (χ0v) is 8.65. The Morgan fingerprint density at radius 2 is 2.38 bits per heavy atom. The van der Waals surface area contributed by atoms with Crippen LogP contribution in [0, 0.1) is 0 Å². The molecule has 0 spiro atoms. The van der Waals surface area contributed by atoms with Crippen LogP contribution in [-0.2, 0) is 4.79 Å². The third kappa shape index (κ3) is 3.35. The van der Waals surface area contributed by atoms with Crippen LogP contribution >= 0.6 is 0 Å². The van der Waals surface area contributed by atoms with Gasteiger partial charge in [-0.2, -0.15) is 0 Å². The Labute approximate surface area is 80.3 Å². The molecule has 0 aromatic heterocycles. The summed E-state index contributed by atoms with van der Waals surface area (Å²) in [4.78, 5) is 11.2. The van der Waals surface area contributed by atoms with Gasteiger partial charge in [-0.15, -0.1) is 0 Å². The third-order valence-electron chi connectivity index (χ3n) is 2.61. The van der Waals surface area contributed by atoms with Crippen molar-refractivity contribution in [1.82, 2.24) is 10.6 Å². The van der Waals surface area contributed by atoms with Crippen molar-refractivity contribution in [3.63, 3.8) is 0 Å². The predicted molar refractivity (Wildman–Crippen MR) is 53.6 cm³/mol. The first-order valence-electron chi connectivity index (χ1n) is 5.18. The molecule has 76 valence electrons. The molecule has 1 aliphatic heterocycles. The van der Waals surface area contributed by atoms with Crippen molar-refractivity contribution in [2.24, 2.45) is 0 Å². The summed E-state index contributed by atoms with van der Waals surface area (Å²) < 4.78 is 0. The second-order valence-electron chi connectivity index (χ2n) is 4.12. The van der Waals surface area contributed by atoms with Crippen LogP contribution < -0.4 is 10.6 Å². The van der Waals surface area contributed by atoms with Crippen LogP contribution in [0.15, 0.2) is 0 Å². The van der Waals surface area contributed by atoms with Gasteiger partial charge in [-0.25, -0.2) is 0 Å². The Bertz CT molecular complexity index is 174. The van der Waals surface area contributed by atoms with Crippen LogP contribution in [0.2, 0.25) is 0 Å². The van der Waals surface area contributed by atoms with E-state index < -0.39 is 0 Å². The molecule has 2 N–H and O–H groups in total. The molecule has 1 aliphatic rings. The summed E-state index contributed by atoms with van der Waals surface area (Å²) in [5, 5.41) is 6.38. The maximum absolute atomic E-state index is 11.2. The molecule has 3 nitrogen and oxygen atoms in total. The monoisotopic (exact) mass is 184 g/mol. The number of amides is 1. The van der Waals surface area contributed by atoms with Gasteiger partial charge in [-0.05, 0) is 32.7 Å². The summed E-state index contributed by atoms with van der Waals surface area (Å²) in [6.45, 7) is 6.05. The molecule has 1 saturated heterocycles. The van der Waals surface area contributed by atoms with Crippen molar-refractivity contribution >= 4 is 5.91 Å². The fraction of sp³-hybridized carbons (Fsp3) is 0.900. The van der Waals surface area contributed by atoms with Crippen molar-refractivity contribution in [3.8, 4) is 0 Å². The van der Waals surface area contributed by atoms with Gasteiger partial charge < -0.3 is 10.6 Å². The lowest BCUT2D eigenvalue weighted by Crippen LogP contribution is -2.47. The van der Waals surface area contributed by atoms with E-state index in [1.165, 1.54) is 12.8 Å². The van der Waals surface area contributed by atoms with E-state index in [2.05, 4.69) is 17.6 Å². The van der Waals surface area contributed by atoms with Crippen LogP contribution in [0.25, 0.3) is 0 Å². The lowest BCUT2D eigenvalue weighted by atomic mass is 10.0. The summed E-state index contributed by atoms with van der Waals surface area (Å²) in [5.41, 5.74) is 0.142. The largest absolute Gasteiger partial charge is 0.354 e. The van der Waals surface area contributed by atoms with E-state index in [1.807, 2.05) is 6.92 Å². The second kappa shape index (κ2) is 4.61. The van der Waals surface area contributed by atoms with Gasteiger partial charge >= 0.3 is 0 Å². The van der Waals surface area contributed by atoms with Crippen LogP contribution in [0.1, 0.15) is 39.5 Å². The van der Waals surface area contributed by atoms with E-state index in [1.54, 1.807) is 0 Å². The average Bonchev–Trinajstić information content (AvgIpc) is 2.51. The molecule has 0 aromatic rings. The summed E-state index contributed by atoms with van der Waals surface area (Å²) >= 11 is 0. The number of carbonyl (C=O) groups excluding carboxylic acids is 1. The molecule has 1 rings (SSSR count). The molecule has 13 heavy (non-hydrogen) atoms. The maximum atomic E-state index is 11.2. The smallest absolute Gasteiger partial charge is 0.220 e. The highest BCUT2D eigenvalue weighted by Crippen LogP contribution is 2.16. The van der Waals surface area contributed by atoms with E-state index >= 15 is 0 Å². The van der Waals surface area contributed by atoms with Crippen LogP contribution in [0.4, 0.5) is 0 Å². The number of hydrogen-bond acceptors (Lipinski definition) is 2. The standard InChI is InChI=1S/C10H20N2O/c1-3-5-9(13)11-8-10(2)6-4-7-12-10/h12H,3-8H2,1-2H3,(H,11,13). The van der Waals surface area contributed by atoms with E-state index in [0.717, 1.165) is 19.5 Å². The molecular formula is C10H20N2O. The number of rotatable bonds is 4. The Kier molecular flexibility index (Phi) is 3.72. The van der Waals surface area contributed by atoms with Crippen LogP contribution in [0.5, 0.6) is 0 Å². The molecular weight excluding hydrogens is 164 g/mol. The summed E-state index contributed by atoms with van der Waals surface area (Å²) in [5.74, 6) is 0.178. The lowest BCUT2D eigenvalue weighted by Gasteiger charge is -2.24. The molecule has 0 radical (unpaired) electrons. The van der Waals surface area contributed by atoms with Gasteiger partial charge in [0.15, 0.2) is 0 Å². The molecule has 0 aromatic carbocycles. The average molecular weight is 184 g/mol. The van der Waals surface area contributed by atoms with E-state index in [9.17, 15) is 4.79 Å². The molecule has 3 heteroatoms. The zero-order valence-electron chi connectivity index (χ0n) is 8.65. The first-order valence-corrected chi connectivity index (χ1v) is 5.18. The van der Waals surface area contributed by atoms with Crippen molar-refractivity contribution in [3.05, 3.63) is 0 Å². The minimum absolute atomic E-state index is 0.142. The van der Waals surface area contributed by atoms with E-state index in [4.69, 9.17) is 0 Å². The number of hydrogen-bond donors (Lipinski definition) is 2. The summed E-state index contributed by atoms with van der Waals surface area (Å²) in [6.07, 6.45) is 3.96. The maximum Gasteiger partial charge on any atom is 0.220 e. The second-order valence-corrected chi connectivity index (χ2v) is 4.12. The van der Waals surface area contributed by atoms with Gasteiger partial charge in [0, 0.05) is 18.5 Å². The third-order valence-corrected chi connectivity index (χ3v) is 2.61. The van der Waals surface area contributed by atoms with Crippen LogP contribution in [-0.4, -0.2) is 24.5 Å². The topological polar surface area (TPSA) is 41.1 Å². The van der Waals surface area contributed by atoms with Crippen LogP contribution in [0.3, 0.4) is 0 Å². The summed E-state index contributed by atoms with van der Waals surface area (Å²) in [7, 11) is 0. The fourth-order valence-corrected chi connectivity index (χ4v) is 1.72. The SMILES string of the molecule is CCCC(=O)NCC1(C)CCCN1. The molecule has 0 bridgehead atoms. The normalized spacial score (nSPS) is 27.5. The highest BCUT2D eigenvalue weighted by molar-refractivity contribution is 5.75. The van der Waals surface area contributed by atoms with Gasteiger partial charge in [0.1, 0.15) is 0 Å². The lowest BCUT2D eigenvalue weighted by molar-refractivity contribution is -0.121. The van der Waals surface area contributed by atoms with Crippen molar-refractivity contribution in [2.75, 3.05) is 13.1 Å². The molecule has 1 fully saturated rings. The number of nitrogens with one attached hydrogen (secondary N) is 2. The fourth-order valence-electron chi connectivity index (χ4n) is 1.72. The molecule has 1 heterocycles. The molecule has 0 saturated carbocycles. The first-order chi connectivity index (χ1) is 6.16. The van der Waals surface area contributed by atoms with Crippen molar-refractivity contribution in [2.45, 2.75) is 45.1 Å². The molecule has 1 unspecified atom stereocenters. The van der Waals surface area contributed by atoms with E-state index in [-0.39, 0.29) is 11.4 Å². The minimum atomic E-state index is 0.142. The Morgan fingerprint density at radius 3 is 2.92 bits per heavy atom. The quantitative estimate of drug-likeness (QED) is 0.685. The highest BCUT2D eigenvalue weighted by atomic mass is 16.1. The van der Waals surface area contributed by atoms with Gasteiger partial charge in [0.25, 0.3) is 0 Å². The Morgan fingerprint density at radius 1 is 1.62 bits per heavy atom. The molecule has 0 aliphatic carbocycles.